The van der Waals surface area contributed by atoms with Gasteiger partial charge in [-0.15, -0.1) is 11.3 Å². The van der Waals surface area contributed by atoms with Gasteiger partial charge in [0.05, 0.1) is 5.39 Å². The first-order valence-electron chi connectivity index (χ1n) is 5.15. The predicted molar refractivity (Wildman–Crippen MR) is 66.6 cm³/mol. The third-order valence-corrected chi connectivity index (χ3v) is 3.60. The highest BCUT2D eigenvalue weighted by atomic mass is 32.1. The van der Waals surface area contributed by atoms with Crippen molar-refractivity contribution in [2.45, 2.75) is 25.6 Å². The van der Waals surface area contributed by atoms with Crippen LogP contribution in [0.2, 0.25) is 0 Å². The lowest BCUT2D eigenvalue weighted by atomic mass is 10.3. The number of hydrogen-bond donors (Lipinski definition) is 1. The third-order valence-electron chi connectivity index (χ3n) is 2.45. The van der Waals surface area contributed by atoms with Crippen molar-refractivity contribution in [1.29, 1.82) is 0 Å². The van der Waals surface area contributed by atoms with Gasteiger partial charge >= 0.3 is 6.18 Å². The lowest BCUT2D eigenvalue weighted by Gasteiger charge is -2.08. The molecule has 0 aromatic carbocycles. The summed E-state index contributed by atoms with van der Waals surface area (Å²) in [5.41, 5.74) is -0.336. The Bertz CT molecular complexity index is 668. The summed E-state index contributed by atoms with van der Waals surface area (Å²) in [5.74, 6) is 0. The second kappa shape index (κ2) is 4.85. The number of thiophene rings is 1. The molecule has 18 heavy (non-hydrogen) atoms. The van der Waals surface area contributed by atoms with Crippen molar-refractivity contribution in [2.75, 3.05) is 0 Å². The van der Waals surface area contributed by atoms with E-state index in [1.807, 2.05) is 0 Å². The van der Waals surface area contributed by atoms with Crippen LogP contribution in [0.1, 0.15) is 12.8 Å². The van der Waals surface area contributed by atoms with Crippen LogP contribution in [0, 0.1) is 4.77 Å². The number of nitrogens with one attached hydrogen (secondary N) is 1. The maximum atomic E-state index is 12.0. The molecular weight excluding hydrogens is 285 g/mol. The highest BCUT2D eigenvalue weighted by Gasteiger charge is 2.26. The molecule has 3 nitrogen and oxygen atoms in total. The van der Waals surface area contributed by atoms with Gasteiger partial charge in [-0.25, -0.2) is 0 Å². The maximum Gasteiger partial charge on any atom is 0.389 e. The van der Waals surface area contributed by atoms with E-state index in [4.69, 9.17) is 12.2 Å². The monoisotopic (exact) mass is 294 g/mol. The fourth-order valence-corrected chi connectivity index (χ4v) is 2.74. The molecule has 8 heteroatoms. The summed E-state index contributed by atoms with van der Waals surface area (Å²) in [6.45, 7) is -0.0283. The summed E-state index contributed by atoms with van der Waals surface area (Å²) in [7, 11) is 0. The Labute approximate surface area is 109 Å². The van der Waals surface area contributed by atoms with Crippen LogP contribution < -0.4 is 5.56 Å². The maximum absolute atomic E-state index is 12.0. The van der Waals surface area contributed by atoms with Crippen LogP contribution in [0.25, 0.3) is 10.2 Å². The normalized spacial score (nSPS) is 12.2. The SMILES string of the molecule is O=c1c2ccsc2[nH]c(=S)n1CCCC(F)(F)F. The first-order chi connectivity index (χ1) is 8.38. The first kappa shape index (κ1) is 13.3. The lowest BCUT2D eigenvalue weighted by Crippen LogP contribution is -2.22. The number of H-pyrrole nitrogens is 1. The minimum atomic E-state index is -4.21. The molecule has 0 unspecified atom stereocenters. The molecular formula is C10H9F3N2OS2. The van der Waals surface area contributed by atoms with E-state index in [1.54, 1.807) is 11.4 Å². The van der Waals surface area contributed by atoms with Crippen molar-refractivity contribution in [1.82, 2.24) is 9.55 Å². The van der Waals surface area contributed by atoms with E-state index in [0.29, 0.717) is 10.2 Å². The Hall–Kier alpha value is -1.15. The van der Waals surface area contributed by atoms with Crippen molar-refractivity contribution < 1.29 is 13.2 Å². The Morgan fingerprint density at radius 3 is 2.83 bits per heavy atom. The molecule has 2 rings (SSSR count). The van der Waals surface area contributed by atoms with Gasteiger partial charge in [-0.3, -0.25) is 9.36 Å². The summed E-state index contributed by atoms with van der Waals surface area (Å²) in [5, 5.41) is 2.19. The topological polar surface area (TPSA) is 37.8 Å². The fourth-order valence-electron chi connectivity index (χ4n) is 1.62. The minimum absolute atomic E-state index is 0.0283. The highest BCUT2D eigenvalue weighted by Crippen LogP contribution is 2.21. The minimum Gasteiger partial charge on any atom is -0.323 e. The van der Waals surface area contributed by atoms with E-state index in [0.717, 1.165) is 0 Å². The van der Waals surface area contributed by atoms with Gasteiger partial charge in [-0.1, -0.05) is 0 Å². The number of nitrogens with zero attached hydrogens (tertiary/aromatic N) is 1. The summed E-state index contributed by atoms with van der Waals surface area (Å²) in [4.78, 5) is 15.5. The van der Waals surface area contributed by atoms with Gasteiger partial charge in [-0.05, 0) is 30.1 Å². The van der Waals surface area contributed by atoms with E-state index in [1.165, 1.54) is 15.9 Å². The Morgan fingerprint density at radius 2 is 2.17 bits per heavy atom. The highest BCUT2D eigenvalue weighted by molar-refractivity contribution is 7.71. The molecule has 0 aliphatic heterocycles. The van der Waals surface area contributed by atoms with E-state index in [2.05, 4.69) is 4.98 Å². The van der Waals surface area contributed by atoms with Crippen LogP contribution in [0.5, 0.6) is 0 Å². The molecule has 2 aromatic heterocycles. The molecule has 0 aliphatic carbocycles. The van der Waals surface area contributed by atoms with Gasteiger partial charge in [0, 0.05) is 13.0 Å². The first-order valence-corrected chi connectivity index (χ1v) is 6.44. The third kappa shape index (κ3) is 2.81. The van der Waals surface area contributed by atoms with Gasteiger partial charge in [-0.2, -0.15) is 13.2 Å². The zero-order chi connectivity index (χ0) is 13.3. The number of aromatic amines is 1. The van der Waals surface area contributed by atoms with Gasteiger partial charge in [0.15, 0.2) is 4.77 Å². The number of aromatic nitrogens is 2. The molecule has 0 saturated carbocycles. The van der Waals surface area contributed by atoms with Crippen molar-refractivity contribution in [3.8, 4) is 0 Å². The molecule has 2 aromatic rings. The Balaban J connectivity index is 2.28. The number of fused-ring (bicyclic) bond motifs is 1. The number of halogens is 3. The van der Waals surface area contributed by atoms with E-state index in [9.17, 15) is 18.0 Å². The standard InChI is InChI=1S/C10H9F3N2OS2/c11-10(12,13)3-1-4-15-8(16)6-2-5-18-7(6)14-9(15)17/h2,5H,1,3-4H2,(H,14,17). The van der Waals surface area contributed by atoms with Crippen LogP contribution >= 0.6 is 23.6 Å². The summed E-state index contributed by atoms with van der Waals surface area (Å²) >= 11 is 6.31. The number of rotatable bonds is 3. The number of alkyl halides is 3. The molecule has 0 atom stereocenters. The molecule has 0 spiro atoms. The molecule has 0 amide bonds. The predicted octanol–water partition coefficient (Wildman–Crippen LogP) is 3.46. The lowest BCUT2D eigenvalue weighted by molar-refractivity contribution is -0.135. The fraction of sp³-hybridized carbons (Fsp3) is 0.400. The van der Waals surface area contributed by atoms with Crippen molar-refractivity contribution in [2.24, 2.45) is 0 Å². The molecule has 0 fully saturated rings. The second-order valence-electron chi connectivity index (χ2n) is 3.77. The Kier molecular flexibility index (Phi) is 3.58. The molecule has 0 aliphatic rings. The zero-order valence-electron chi connectivity index (χ0n) is 9.08. The van der Waals surface area contributed by atoms with Gasteiger partial charge in [0.2, 0.25) is 0 Å². The summed E-state index contributed by atoms with van der Waals surface area (Å²) in [6, 6.07) is 1.63. The van der Waals surface area contributed by atoms with E-state index >= 15 is 0 Å². The summed E-state index contributed by atoms with van der Waals surface area (Å²) in [6.07, 6.45) is -5.28. The average molecular weight is 294 g/mol. The molecule has 0 bridgehead atoms. The van der Waals surface area contributed by atoms with Crippen LogP contribution in [-0.2, 0) is 6.54 Å². The van der Waals surface area contributed by atoms with Gasteiger partial charge in [0.25, 0.3) is 5.56 Å². The second-order valence-corrected chi connectivity index (χ2v) is 5.07. The van der Waals surface area contributed by atoms with Crippen molar-refractivity contribution in [3.05, 3.63) is 26.6 Å². The quantitative estimate of drug-likeness (QED) is 0.880. The summed E-state index contributed by atoms with van der Waals surface area (Å²) < 4.78 is 37.5. The van der Waals surface area contributed by atoms with Crippen LogP contribution in [0.15, 0.2) is 16.2 Å². The van der Waals surface area contributed by atoms with Crippen LogP contribution in [0.3, 0.4) is 0 Å². The van der Waals surface area contributed by atoms with Crippen molar-refractivity contribution >= 4 is 33.8 Å². The molecule has 0 saturated heterocycles. The van der Waals surface area contributed by atoms with Gasteiger partial charge < -0.3 is 4.98 Å². The average Bonchev–Trinajstić information content (AvgIpc) is 2.69. The van der Waals surface area contributed by atoms with Crippen molar-refractivity contribution in [3.63, 3.8) is 0 Å². The molecule has 98 valence electrons. The van der Waals surface area contributed by atoms with Crippen LogP contribution in [0.4, 0.5) is 13.2 Å². The van der Waals surface area contributed by atoms with Crippen LogP contribution in [-0.4, -0.2) is 15.7 Å². The smallest absolute Gasteiger partial charge is 0.323 e. The van der Waals surface area contributed by atoms with E-state index in [-0.39, 0.29) is 23.3 Å². The zero-order valence-corrected chi connectivity index (χ0v) is 10.7. The molecule has 1 N–H and O–H groups in total. The van der Waals surface area contributed by atoms with Gasteiger partial charge in [0.1, 0.15) is 4.83 Å². The number of hydrogen-bond acceptors (Lipinski definition) is 3. The van der Waals surface area contributed by atoms with E-state index < -0.39 is 12.6 Å². The molecule has 0 radical (unpaired) electrons. The molecule has 2 heterocycles. The largest absolute Gasteiger partial charge is 0.389 e. The Morgan fingerprint density at radius 1 is 1.44 bits per heavy atom.